The normalized spacial score (nSPS) is 12.7. The Morgan fingerprint density at radius 3 is 2.41 bits per heavy atom. The Morgan fingerprint density at radius 2 is 1.74 bits per heavy atom. The number of aryl methyl sites for hydroxylation is 1. The first-order valence-electron chi connectivity index (χ1n) is 9.51. The monoisotopic (exact) mass is 383 g/mol. The highest BCUT2D eigenvalue weighted by Gasteiger charge is 2.39. The molecule has 0 saturated heterocycles. The molecule has 5 heteroatoms. The largest absolute Gasteiger partial charge is 0.543 e. The Kier molecular flexibility index (Phi) is 5.19. The van der Waals surface area contributed by atoms with Crippen LogP contribution in [-0.2, 0) is 6.42 Å². The number of benzene rings is 2. The fourth-order valence-corrected chi connectivity index (χ4v) is 3.95. The summed E-state index contributed by atoms with van der Waals surface area (Å²) in [7, 11) is -1.95. The van der Waals surface area contributed by atoms with Crippen LogP contribution in [0, 0.1) is 0 Å². The van der Waals surface area contributed by atoms with Crippen molar-refractivity contribution < 1.29 is 8.84 Å². The Balaban J connectivity index is 2.06. The van der Waals surface area contributed by atoms with Gasteiger partial charge in [0.15, 0.2) is 0 Å². The molecule has 2 N–H and O–H groups in total. The quantitative estimate of drug-likeness (QED) is 0.372. The van der Waals surface area contributed by atoms with Gasteiger partial charge in [0, 0.05) is 11.5 Å². The van der Waals surface area contributed by atoms with E-state index in [1.54, 1.807) is 0 Å². The number of hydrogen-bond acceptors (Lipinski definition) is 4. The van der Waals surface area contributed by atoms with E-state index in [1.807, 2.05) is 30.3 Å². The molecule has 2 aromatic carbocycles. The van der Waals surface area contributed by atoms with Crippen molar-refractivity contribution in [1.82, 2.24) is 0 Å². The third kappa shape index (κ3) is 3.94. The van der Waals surface area contributed by atoms with Gasteiger partial charge in [0.2, 0.25) is 8.32 Å². The zero-order chi connectivity index (χ0) is 19.8. The zero-order valence-electron chi connectivity index (χ0n) is 16.9. The van der Waals surface area contributed by atoms with Gasteiger partial charge in [-0.25, -0.2) is 4.79 Å². The van der Waals surface area contributed by atoms with Crippen molar-refractivity contribution in [2.75, 3.05) is 6.54 Å². The number of hydrogen-bond donors (Lipinski definition) is 1. The summed E-state index contributed by atoms with van der Waals surface area (Å²) >= 11 is 0. The summed E-state index contributed by atoms with van der Waals surface area (Å²) in [5.74, 6) is 0.760. The highest BCUT2D eigenvalue weighted by atomic mass is 28.4. The molecule has 0 aliphatic carbocycles. The molecule has 27 heavy (non-hydrogen) atoms. The molecule has 0 amide bonds. The minimum Gasteiger partial charge on any atom is -0.543 e. The Bertz CT molecular complexity index is 1030. The SMILES string of the molecule is CC(C)(C)[Si](C)(C)Oc1ccc2c(c1)oc(=O)c1cc(CCCN)ccc12. The maximum Gasteiger partial charge on any atom is 0.344 e. The molecule has 0 atom stereocenters. The molecule has 0 fully saturated rings. The van der Waals surface area contributed by atoms with Crippen molar-refractivity contribution in [2.45, 2.75) is 51.7 Å². The lowest BCUT2D eigenvalue weighted by molar-refractivity contribution is 0.490. The van der Waals surface area contributed by atoms with E-state index >= 15 is 0 Å². The van der Waals surface area contributed by atoms with Gasteiger partial charge in [-0.05, 0) is 66.7 Å². The standard InChI is InChI=1S/C22H29NO3Si/c1-22(2,3)27(4,5)26-16-9-11-18-17-10-8-15(7-6-12-23)13-19(17)21(24)25-20(18)14-16/h8-11,13-14H,6-7,12,23H2,1-5H3. The molecule has 0 spiro atoms. The minimum atomic E-state index is -1.95. The van der Waals surface area contributed by atoms with Gasteiger partial charge < -0.3 is 14.6 Å². The molecule has 0 radical (unpaired) electrons. The highest BCUT2D eigenvalue weighted by Crippen LogP contribution is 2.38. The van der Waals surface area contributed by atoms with Crippen LogP contribution in [0.4, 0.5) is 0 Å². The Morgan fingerprint density at radius 1 is 1.04 bits per heavy atom. The fourth-order valence-electron chi connectivity index (χ4n) is 2.93. The summed E-state index contributed by atoms with van der Waals surface area (Å²) in [6.45, 7) is 11.7. The topological polar surface area (TPSA) is 65.5 Å². The van der Waals surface area contributed by atoms with Crippen LogP contribution in [0.2, 0.25) is 18.1 Å². The summed E-state index contributed by atoms with van der Waals surface area (Å²) in [5, 5.41) is 2.57. The third-order valence-corrected chi connectivity index (χ3v) is 9.96. The van der Waals surface area contributed by atoms with Crippen LogP contribution in [0.5, 0.6) is 5.75 Å². The van der Waals surface area contributed by atoms with Crippen LogP contribution in [0.15, 0.2) is 45.6 Å². The molecule has 3 aromatic rings. The number of nitrogens with two attached hydrogens (primary N) is 1. The van der Waals surface area contributed by atoms with Crippen molar-refractivity contribution in [3.63, 3.8) is 0 Å². The van der Waals surface area contributed by atoms with Gasteiger partial charge in [-0.1, -0.05) is 32.9 Å². The lowest BCUT2D eigenvalue weighted by atomic mass is 10.0. The van der Waals surface area contributed by atoms with E-state index in [-0.39, 0.29) is 10.7 Å². The van der Waals surface area contributed by atoms with Crippen molar-refractivity contribution in [2.24, 2.45) is 5.73 Å². The minimum absolute atomic E-state index is 0.103. The summed E-state index contributed by atoms with van der Waals surface area (Å²) < 4.78 is 12.0. The Hall–Kier alpha value is -2.11. The number of fused-ring (bicyclic) bond motifs is 3. The molecule has 144 valence electrons. The van der Waals surface area contributed by atoms with Crippen molar-refractivity contribution in [3.05, 3.63) is 52.4 Å². The van der Waals surface area contributed by atoms with Crippen LogP contribution < -0.4 is 15.8 Å². The van der Waals surface area contributed by atoms with Gasteiger partial charge in [0.25, 0.3) is 0 Å². The zero-order valence-corrected chi connectivity index (χ0v) is 17.9. The predicted molar refractivity (Wildman–Crippen MR) is 115 cm³/mol. The lowest BCUT2D eigenvalue weighted by Gasteiger charge is -2.36. The van der Waals surface area contributed by atoms with Crippen molar-refractivity contribution in [3.8, 4) is 5.75 Å². The third-order valence-electron chi connectivity index (χ3n) is 5.60. The second-order valence-corrected chi connectivity index (χ2v) is 13.4. The molecule has 1 aromatic heterocycles. The number of rotatable bonds is 5. The molecule has 0 aliphatic rings. The van der Waals surface area contributed by atoms with Crippen LogP contribution in [-0.4, -0.2) is 14.9 Å². The smallest absolute Gasteiger partial charge is 0.344 e. The second kappa shape index (κ2) is 7.13. The van der Waals surface area contributed by atoms with Crippen LogP contribution >= 0.6 is 0 Å². The van der Waals surface area contributed by atoms with E-state index in [0.29, 0.717) is 17.5 Å². The molecular weight excluding hydrogens is 354 g/mol. The van der Waals surface area contributed by atoms with Crippen molar-refractivity contribution >= 4 is 30.1 Å². The van der Waals surface area contributed by atoms with E-state index in [2.05, 4.69) is 39.9 Å². The van der Waals surface area contributed by atoms with Gasteiger partial charge >= 0.3 is 5.63 Å². The van der Waals surface area contributed by atoms with Gasteiger partial charge in [-0.3, -0.25) is 0 Å². The molecule has 3 rings (SSSR count). The van der Waals surface area contributed by atoms with E-state index in [9.17, 15) is 4.79 Å². The van der Waals surface area contributed by atoms with Crippen LogP contribution in [0.3, 0.4) is 0 Å². The van der Waals surface area contributed by atoms with Gasteiger partial charge in [0.05, 0.1) is 5.39 Å². The summed E-state index contributed by atoms with van der Waals surface area (Å²) in [6.07, 6.45) is 1.77. The molecule has 0 bridgehead atoms. The van der Waals surface area contributed by atoms with E-state index in [0.717, 1.165) is 34.9 Å². The van der Waals surface area contributed by atoms with Crippen molar-refractivity contribution in [1.29, 1.82) is 0 Å². The van der Waals surface area contributed by atoms with E-state index < -0.39 is 8.32 Å². The second-order valence-electron chi connectivity index (χ2n) is 8.68. The first kappa shape index (κ1) is 19.6. The fraction of sp³-hybridized carbons (Fsp3) is 0.409. The van der Waals surface area contributed by atoms with Gasteiger partial charge in [-0.15, -0.1) is 0 Å². The highest BCUT2D eigenvalue weighted by molar-refractivity contribution is 6.74. The average molecular weight is 384 g/mol. The predicted octanol–water partition coefficient (Wildman–Crippen LogP) is 5.22. The Labute approximate surface area is 161 Å². The molecule has 4 nitrogen and oxygen atoms in total. The maximum atomic E-state index is 12.6. The molecular formula is C22H29NO3Si. The first-order chi connectivity index (χ1) is 12.6. The molecule has 0 aliphatic heterocycles. The molecule has 1 heterocycles. The summed E-state index contributed by atoms with van der Waals surface area (Å²) in [5.41, 5.74) is 6.96. The van der Waals surface area contributed by atoms with Gasteiger partial charge in [0.1, 0.15) is 11.3 Å². The molecule has 0 saturated carbocycles. The maximum absolute atomic E-state index is 12.6. The van der Waals surface area contributed by atoms with Crippen LogP contribution in [0.1, 0.15) is 32.8 Å². The van der Waals surface area contributed by atoms with Gasteiger partial charge in [-0.2, -0.15) is 0 Å². The lowest BCUT2D eigenvalue weighted by Crippen LogP contribution is -2.43. The van der Waals surface area contributed by atoms with E-state index in [1.165, 1.54) is 0 Å². The molecule has 0 unspecified atom stereocenters. The van der Waals surface area contributed by atoms with Crippen LogP contribution in [0.25, 0.3) is 21.7 Å². The summed E-state index contributed by atoms with van der Waals surface area (Å²) in [6, 6.07) is 11.8. The average Bonchev–Trinajstić information content (AvgIpc) is 2.58. The first-order valence-corrected chi connectivity index (χ1v) is 12.4. The van der Waals surface area contributed by atoms with E-state index in [4.69, 9.17) is 14.6 Å². The summed E-state index contributed by atoms with van der Waals surface area (Å²) in [4.78, 5) is 12.6.